The van der Waals surface area contributed by atoms with Gasteiger partial charge in [0.25, 0.3) is 0 Å². The fourth-order valence-corrected chi connectivity index (χ4v) is 3.00. The van der Waals surface area contributed by atoms with E-state index in [2.05, 4.69) is 34.6 Å². The second kappa shape index (κ2) is 6.89. The molecule has 0 aromatic rings. The fourth-order valence-electron chi connectivity index (χ4n) is 3.00. The smallest absolute Gasteiger partial charge is 0.186 e. The quantitative estimate of drug-likeness (QED) is 0.582. The predicted molar refractivity (Wildman–Crippen MR) is 77.6 cm³/mol. The first-order valence-electron chi connectivity index (χ1n) is 7.39. The Balaban J connectivity index is 2.61. The second-order valence-electron chi connectivity index (χ2n) is 7.91. The Bertz CT molecular complexity index is 323. The molecule has 0 bridgehead atoms. The first-order valence-corrected chi connectivity index (χ1v) is 7.39. The Morgan fingerprint density at radius 2 is 1.52 bits per heavy atom. The minimum absolute atomic E-state index is 0.128. The highest BCUT2D eigenvalue weighted by atomic mass is 16.7. The van der Waals surface area contributed by atoms with E-state index in [9.17, 15) is 15.3 Å². The molecule has 2 unspecified atom stereocenters. The summed E-state index contributed by atoms with van der Waals surface area (Å²) in [4.78, 5) is 0. The van der Waals surface area contributed by atoms with Crippen LogP contribution in [0, 0.1) is 10.8 Å². The summed E-state index contributed by atoms with van der Waals surface area (Å²) in [5.74, 6) is 0. The number of hydrogen-bond acceptors (Lipinski definition) is 6. The maximum atomic E-state index is 9.91. The zero-order valence-electron chi connectivity index (χ0n) is 13.6. The highest BCUT2D eigenvalue weighted by molar-refractivity contribution is 4.89. The molecular formula is C15H30O6. The Morgan fingerprint density at radius 1 is 0.952 bits per heavy atom. The van der Waals surface area contributed by atoms with Crippen molar-refractivity contribution >= 4 is 0 Å². The zero-order chi connectivity index (χ0) is 16.4. The molecule has 0 radical (unpaired) electrons. The predicted octanol–water partition coefficient (Wildman–Crippen LogP) is 0.265. The topological polar surface area (TPSA) is 99.4 Å². The van der Waals surface area contributed by atoms with E-state index in [-0.39, 0.29) is 10.8 Å². The zero-order valence-corrected chi connectivity index (χ0v) is 13.6. The maximum Gasteiger partial charge on any atom is 0.186 e. The lowest BCUT2D eigenvalue weighted by molar-refractivity contribution is -0.305. The summed E-state index contributed by atoms with van der Waals surface area (Å²) in [5.41, 5.74) is 0.0132. The summed E-state index contributed by atoms with van der Waals surface area (Å²) in [7, 11) is 0. The van der Waals surface area contributed by atoms with Crippen molar-refractivity contribution in [2.24, 2.45) is 10.8 Å². The van der Waals surface area contributed by atoms with E-state index in [0.29, 0.717) is 6.61 Å². The van der Waals surface area contributed by atoms with Crippen LogP contribution in [0.5, 0.6) is 0 Å². The van der Waals surface area contributed by atoms with Crippen molar-refractivity contribution in [2.75, 3.05) is 13.2 Å². The molecule has 0 aromatic heterocycles. The fraction of sp³-hybridized carbons (Fsp3) is 1.00. The van der Waals surface area contributed by atoms with Crippen LogP contribution in [0.1, 0.15) is 41.0 Å². The Hall–Kier alpha value is -0.240. The van der Waals surface area contributed by atoms with Gasteiger partial charge in [-0.2, -0.15) is 0 Å². The van der Waals surface area contributed by atoms with Gasteiger partial charge >= 0.3 is 0 Å². The van der Waals surface area contributed by atoms with Crippen LogP contribution in [0.15, 0.2) is 0 Å². The highest BCUT2D eigenvalue weighted by Gasteiger charge is 2.44. The molecular weight excluding hydrogens is 276 g/mol. The van der Waals surface area contributed by atoms with E-state index in [4.69, 9.17) is 14.6 Å². The van der Waals surface area contributed by atoms with Crippen LogP contribution < -0.4 is 0 Å². The molecule has 1 fully saturated rings. The second-order valence-corrected chi connectivity index (χ2v) is 7.91. The van der Waals surface area contributed by atoms with Crippen molar-refractivity contribution in [3.63, 3.8) is 0 Å². The van der Waals surface area contributed by atoms with E-state index in [0.717, 1.165) is 6.42 Å². The third-order valence-corrected chi connectivity index (χ3v) is 3.50. The number of ether oxygens (including phenoxy) is 2. The average Bonchev–Trinajstić information content (AvgIpc) is 2.32. The lowest BCUT2D eigenvalue weighted by Crippen LogP contribution is -2.59. The van der Waals surface area contributed by atoms with Gasteiger partial charge in [-0.3, -0.25) is 0 Å². The molecule has 126 valence electrons. The molecule has 1 aliphatic rings. The molecule has 0 saturated carbocycles. The lowest BCUT2D eigenvalue weighted by atomic mass is 9.77. The molecule has 0 spiro atoms. The van der Waals surface area contributed by atoms with Gasteiger partial charge in [0.2, 0.25) is 0 Å². The minimum atomic E-state index is -1.40. The van der Waals surface area contributed by atoms with Gasteiger partial charge in [0.05, 0.1) is 13.2 Å². The van der Waals surface area contributed by atoms with E-state index in [1.807, 2.05) is 0 Å². The number of hydrogen-bond donors (Lipinski definition) is 4. The molecule has 21 heavy (non-hydrogen) atoms. The summed E-state index contributed by atoms with van der Waals surface area (Å²) in [6, 6.07) is 0. The Kier molecular flexibility index (Phi) is 6.17. The average molecular weight is 306 g/mol. The first-order chi connectivity index (χ1) is 9.47. The highest BCUT2D eigenvalue weighted by Crippen LogP contribution is 2.34. The molecule has 1 heterocycles. The minimum Gasteiger partial charge on any atom is -0.394 e. The van der Waals surface area contributed by atoms with Gasteiger partial charge in [0.1, 0.15) is 24.4 Å². The van der Waals surface area contributed by atoms with E-state index in [1.165, 1.54) is 0 Å². The van der Waals surface area contributed by atoms with Crippen LogP contribution in [0.4, 0.5) is 0 Å². The molecule has 0 aromatic carbocycles. The van der Waals surface area contributed by atoms with Gasteiger partial charge in [-0.1, -0.05) is 34.6 Å². The van der Waals surface area contributed by atoms with Gasteiger partial charge in [-0.15, -0.1) is 0 Å². The van der Waals surface area contributed by atoms with Crippen LogP contribution in [0.25, 0.3) is 0 Å². The van der Waals surface area contributed by atoms with Gasteiger partial charge in [-0.25, -0.2) is 0 Å². The summed E-state index contributed by atoms with van der Waals surface area (Å²) < 4.78 is 10.9. The van der Waals surface area contributed by atoms with Gasteiger partial charge in [-0.05, 0) is 17.3 Å². The third kappa shape index (κ3) is 5.47. The lowest BCUT2D eigenvalue weighted by Gasteiger charge is -2.41. The summed E-state index contributed by atoms with van der Waals surface area (Å²) >= 11 is 0. The molecule has 1 aliphatic heterocycles. The molecule has 6 nitrogen and oxygen atoms in total. The number of rotatable bonds is 5. The van der Waals surface area contributed by atoms with Crippen molar-refractivity contribution in [1.29, 1.82) is 0 Å². The van der Waals surface area contributed by atoms with Crippen LogP contribution >= 0.6 is 0 Å². The maximum absolute atomic E-state index is 9.91. The van der Waals surface area contributed by atoms with E-state index < -0.39 is 37.3 Å². The van der Waals surface area contributed by atoms with Crippen molar-refractivity contribution in [3.05, 3.63) is 0 Å². The van der Waals surface area contributed by atoms with Gasteiger partial charge in [0.15, 0.2) is 6.29 Å². The molecule has 4 N–H and O–H groups in total. The monoisotopic (exact) mass is 306 g/mol. The number of aliphatic hydroxyl groups excluding tert-OH is 4. The van der Waals surface area contributed by atoms with Gasteiger partial charge in [0, 0.05) is 0 Å². The van der Waals surface area contributed by atoms with Crippen LogP contribution in [0.2, 0.25) is 0 Å². The van der Waals surface area contributed by atoms with Crippen LogP contribution in [0.3, 0.4) is 0 Å². The number of aliphatic hydroxyl groups is 4. The van der Waals surface area contributed by atoms with Crippen molar-refractivity contribution in [2.45, 2.75) is 71.7 Å². The van der Waals surface area contributed by atoms with Crippen molar-refractivity contribution < 1.29 is 29.9 Å². The van der Waals surface area contributed by atoms with Crippen molar-refractivity contribution in [1.82, 2.24) is 0 Å². The molecule has 1 saturated heterocycles. The van der Waals surface area contributed by atoms with Crippen LogP contribution in [-0.2, 0) is 9.47 Å². The Morgan fingerprint density at radius 3 is 2.00 bits per heavy atom. The summed E-state index contributed by atoms with van der Waals surface area (Å²) in [6.07, 6.45) is -5.16. The van der Waals surface area contributed by atoms with E-state index >= 15 is 0 Å². The third-order valence-electron chi connectivity index (χ3n) is 3.50. The van der Waals surface area contributed by atoms with Crippen LogP contribution in [-0.4, -0.2) is 64.3 Å². The largest absolute Gasteiger partial charge is 0.394 e. The SMILES string of the molecule is CC(C)(C)CC(C)(C)CO[C@@H]1OC(CO)[C@@H](O)C(O)[C@@H]1O. The molecule has 5 atom stereocenters. The molecule has 6 heteroatoms. The summed E-state index contributed by atoms with van der Waals surface area (Å²) in [6.45, 7) is 10.4. The molecule has 0 amide bonds. The molecule has 0 aliphatic carbocycles. The molecule has 1 rings (SSSR count). The first kappa shape index (κ1) is 18.8. The Labute approximate surface area is 126 Å². The van der Waals surface area contributed by atoms with Gasteiger partial charge < -0.3 is 29.9 Å². The van der Waals surface area contributed by atoms with Crippen molar-refractivity contribution in [3.8, 4) is 0 Å². The van der Waals surface area contributed by atoms with E-state index in [1.54, 1.807) is 0 Å². The standard InChI is InChI=1S/C15H30O6/c1-14(2,3)7-15(4,5)8-20-13-12(19)11(18)10(17)9(6-16)21-13/h9-13,16-19H,6-8H2,1-5H3/t9?,10-,11?,12+,13-/m1/s1. The normalized spacial score (nSPS) is 35.0. The summed E-state index contributed by atoms with van der Waals surface area (Å²) in [5, 5.41) is 38.5.